The maximum Gasteiger partial charge on any atom is 0.316 e. The second kappa shape index (κ2) is 13.8. The van der Waals surface area contributed by atoms with E-state index in [0.717, 1.165) is 31.2 Å². The molecule has 0 aliphatic rings. The van der Waals surface area contributed by atoms with Crippen LogP contribution >= 0.6 is 0 Å². The first-order valence-electron chi connectivity index (χ1n) is 10.9. The fourth-order valence-electron chi connectivity index (χ4n) is 3.82. The molecule has 2 heteroatoms. The molecule has 1 unspecified atom stereocenters. The fourth-order valence-corrected chi connectivity index (χ4v) is 3.82. The van der Waals surface area contributed by atoms with E-state index in [0.29, 0.717) is 6.61 Å². The van der Waals surface area contributed by atoms with E-state index in [1.165, 1.54) is 51.4 Å². The molecule has 148 valence electrons. The third kappa shape index (κ3) is 7.51. The van der Waals surface area contributed by atoms with Crippen molar-refractivity contribution in [1.82, 2.24) is 0 Å². The van der Waals surface area contributed by atoms with Crippen molar-refractivity contribution < 1.29 is 9.53 Å². The molecule has 0 heterocycles. The van der Waals surface area contributed by atoms with Gasteiger partial charge in [0.2, 0.25) is 0 Å². The van der Waals surface area contributed by atoms with E-state index in [4.69, 9.17) is 4.74 Å². The Hall–Kier alpha value is -1.31. The topological polar surface area (TPSA) is 26.3 Å². The van der Waals surface area contributed by atoms with Crippen LogP contribution < -0.4 is 0 Å². The molecule has 1 aromatic carbocycles. The number of ether oxygens (including phenoxy) is 1. The van der Waals surface area contributed by atoms with Gasteiger partial charge in [-0.2, -0.15) is 0 Å². The molecule has 0 amide bonds. The van der Waals surface area contributed by atoms with Crippen molar-refractivity contribution in [3.8, 4) is 0 Å². The van der Waals surface area contributed by atoms with Crippen molar-refractivity contribution in [2.75, 3.05) is 6.61 Å². The molecule has 26 heavy (non-hydrogen) atoms. The smallest absolute Gasteiger partial charge is 0.316 e. The molecule has 0 spiro atoms. The Balaban J connectivity index is 2.88. The van der Waals surface area contributed by atoms with E-state index in [1.54, 1.807) is 0 Å². The van der Waals surface area contributed by atoms with Gasteiger partial charge in [0.1, 0.15) is 0 Å². The molecule has 1 rings (SSSR count). The lowest BCUT2D eigenvalue weighted by Gasteiger charge is -2.32. The van der Waals surface area contributed by atoms with Crippen LogP contribution in [0.5, 0.6) is 0 Å². The average Bonchev–Trinajstić information content (AvgIpc) is 2.67. The highest BCUT2D eigenvalue weighted by Gasteiger charge is 2.40. The number of unbranched alkanes of at least 4 members (excludes halogenated alkanes) is 8. The summed E-state index contributed by atoms with van der Waals surface area (Å²) in [6.07, 6.45) is 14.1. The molecule has 0 bridgehead atoms. The van der Waals surface area contributed by atoms with Gasteiger partial charge in [-0.3, -0.25) is 4.79 Å². The summed E-state index contributed by atoms with van der Waals surface area (Å²) in [6.45, 7) is 6.85. The summed E-state index contributed by atoms with van der Waals surface area (Å²) in [6, 6.07) is 10.4. The van der Waals surface area contributed by atoms with Crippen LogP contribution in [0, 0.1) is 0 Å². The second-order valence-electron chi connectivity index (χ2n) is 7.50. The minimum Gasteiger partial charge on any atom is -0.465 e. The zero-order valence-electron chi connectivity index (χ0n) is 17.4. The zero-order valence-corrected chi connectivity index (χ0v) is 17.4. The first-order valence-corrected chi connectivity index (χ1v) is 10.9. The van der Waals surface area contributed by atoms with Crippen LogP contribution in [-0.2, 0) is 14.9 Å². The number of benzene rings is 1. The quantitative estimate of drug-likeness (QED) is 0.244. The Bertz CT molecular complexity index is 468. The fraction of sp³-hybridized carbons (Fsp3) is 0.708. The predicted molar refractivity (Wildman–Crippen MR) is 112 cm³/mol. The third-order valence-electron chi connectivity index (χ3n) is 5.41. The van der Waals surface area contributed by atoms with E-state index < -0.39 is 5.41 Å². The Morgan fingerprint density at radius 2 is 1.27 bits per heavy atom. The van der Waals surface area contributed by atoms with Gasteiger partial charge >= 0.3 is 5.97 Å². The largest absolute Gasteiger partial charge is 0.465 e. The van der Waals surface area contributed by atoms with Gasteiger partial charge in [-0.25, -0.2) is 0 Å². The summed E-state index contributed by atoms with van der Waals surface area (Å²) in [7, 11) is 0. The molecule has 2 nitrogen and oxygen atoms in total. The lowest BCUT2D eigenvalue weighted by Crippen LogP contribution is -2.38. The number of carbonyl (C=O) groups is 1. The first-order chi connectivity index (χ1) is 12.7. The lowest BCUT2D eigenvalue weighted by atomic mass is 9.72. The van der Waals surface area contributed by atoms with Gasteiger partial charge in [0, 0.05) is 0 Å². The molecule has 0 saturated carbocycles. The van der Waals surface area contributed by atoms with Crippen LogP contribution in [-0.4, -0.2) is 12.6 Å². The van der Waals surface area contributed by atoms with Gasteiger partial charge in [0.05, 0.1) is 12.0 Å². The Labute approximate surface area is 161 Å². The van der Waals surface area contributed by atoms with Crippen molar-refractivity contribution >= 4 is 5.97 Å². The maximum absolute atomic E-state index is 13.1. The van der Waals surface area contributed by atoms with Crippen molar-refractivity contribution in [1.29, 1.82) is 0 Å². The third-order valence-corrected chi connectivity index (χ3v) is 5.41. The standard InChI is InChI=1S/C24H40O2/c1-4-7-9-11-12-17-21-24(23(25)26-6-3,20-16-10-8-5-2)22-18-14-13-15-19-22/h13-15,18-19H,4-12,16-17,20-21H2,1-3H3. The second-order valence-corrected chi connectivity index (χ2v) is 7.50. The molecule has 0 aliphatic carbocycles. The Kier molecular flexibility index (Phi) is 12.1. The summed E-state index contributed by atoms with van der Waals surface area (Å²) in [5.41, 5.74) is 0.680. The molecule has 1 atom stereocenters. The van der Waals surface area contributed by atoms with Crippen LogP contribution in [0.1, 0.15) is 103 Å². The number of esters is 1. The van der Waals surface area contributed by atoms with Gasteiger partial charge in [-0.05, 0) is 25.3 Å². The van der Waals surface area contributed by atoms with Gasteiger partial charge < -0.3 is 4.74 Å². The normalized spacial score (nSPS) is 13.3. The molecule has 0 radical (unpaired) electrons. The Morgan fingerprint density at radius 1 is 0.769 bits per heavy atom. The SMILES string of the molecule is CCCCCCCCC(CCCCCC)(C(=O)OCC)c1ccccc1. The number of rotatable bonds is 15. The molecule has 1 aromatic rings. The molecule has 0 aromatic heterocycles. The zero-order chi connectivity index (χ0) is 19.1. The summed E-state index contributed by atoms with van der Waals surface area (Å²) in [4.78, 5) is 13.1. The van der Waals surface area contributed by atoms with Crippen LogP contribution in [0.3, 0.4) is 0 Å². The number of carbonyl (C=O) groups excluding carboxylic acids is 1. The molecule has 0 fully saturated rings. The summed E-state index contributed by atoms with van der Waals surface area (Å²) in [5.74, 6) is -0.0174. The Morgan fingerprint density at radius 3 is 1.81 bits per heavy atom. The molecule has 0 aliphatic heterocycles. The lowest BCUT2D eigenvalue weighted by molar-refractivity contribution is -0.151. The summed E-state index contributed by atoms with van der Waals surface area (Å²) >= 11 is 0. The van der Waals surface area contributed by atoms with E-state index in [1.807, 2.05) is 13.0 Å². The van der Waals surface area contributed by atoms with Crippen LogP contribution in [0.2, 0.25) is 0 Å². The van der Waals surface area contributed by atoms with Crippen molar-refractivity contribution in [2.24, 2.45) is 0 Å². The van der Waals surface area contributed by atoms with E-state index >= 15 is 0 Å². The first kappa shape index (κ1) is 22.7. The number of hydrogen-bond acceptors (Lipinski definition) is 2. The molecule has 0 N–H and O–H groups in total. The highest BCUT2D eigenvalue weighted by Crippen LogP contribution is 2.37. The summed E-state index contributed by atoms with van der Waals surface area (Å²) < 4.78 is 5.58. The summed E-state index contributed by atoms with van der Waals surface area (Å²) in [5, 5.41) is 0. The van der Waals surface area contributed by atoms with Crippen molar-refractivity contribution in [3.63, 3.8) is 0 Å². The van der Waals surface area contributed by atoms with E-state index in [2.05, 4.69) is 38.1 Å². The van der Waals surface area contributed by atoms with E-state index in [9.17, 15) is 4.79 Å². The predicted octanol–water partition coefficient (Wildman–Crippen LogP) is 7.21. The van der Waals surface area contributed by atoms with Gasteiger partial charge in [0.25, 0.3) is 0 Å². The minimum atomic E-state index is -0.463. The van der Waals surface area contributed by atoms with Gasteiger partial charge in [0.15, 0.2) is 0 Å². The van der Waals surface area contributed by atoms with Crippen LogP contribution in [0.25, 0.3) is 0 Å². The highest BCUT2D eigenvalue weighted by atomic mass is 16.5. The van der Waals surface area contributed by atoms with Gasteiger partial charge in [-0.1, -0.05) is 108 Å². The van der Waals surface area contributed by atoms with Crippen molar-refractivity contribution in [2.45, 2.75) is 103 Å². The average molecular weight is 361 g/mol. The molecular formula is C24H40O2. The highest BCUT2D eigenvalue weighted by molar-refractivity contribution is 5.83. The molecular weight excluding hydrogens is 320 g/mol. The molecule has 0 saturated heterocycles. The monoisotopic (exact) mass is 360 g/mol. The van der Waals surface area contributed by atoms with Crippen LogP contribution in [0.15, 0.2) is 30.3 Å². The van der Waals surface area contributed by atoms with Crippen LogP contribution in [0.4, 0.5) is 0 Å². The number of hydrogen-bond donors (Lipinski definition) is 0. The maximum atomic E-state index is 13.1. The van der Waals surface area contributed by atoms with Gasteiger partial charge in [-0.15, -0.1) is 0 Å². The van der Waals surface area contributed by atoms with E-state index in [-0.39, 0.29) is 5.97 Å². The minimum absolute atomic E-state index is 0.0174. The van der Waals surface area contributed by atoms with Crippen molar-refractivity contribution in [3.05, 3.63) is 35.9 Å².